The Hall–Kier alpha value is -0.950. The van der Waals surface area contributed by atoms with Crippen molar-refractivity contribution in [1.29, 1.82) is 0 Å². The normalized spacial score (nSPS) is 11.9. The van der Waals surface area contributed by atoms with Gasteiger partial charge in [0.15, 0.2) is 0 Å². The fourth-order valence-electron chi connectivity index (χ4n) is 1.35. The largest absolute Gasteiger partial charge is 0.480 e. The second-order valence-corrected chi connectivity index (χ2v) is 4.84. The average molecular weight is 278 g/mol. The molecule has 0 aromatic rings. The van der Waals surface area contributed by atoms with Crippen molar-refractivity contribution in [1.82, 2.24) is 10.6 Å². The first-order valence-electron chi connectivity index (χ1n) is 5.98. The minimum atomic E-state index is -1.14. The van der Waals surface area contributed by atoms with E-state index in [4.69, 9.17) is 10.2 Å². The van der Waals surface area contributed by atoms with E-state index >= 15 is 0 Å². The van der Waals surface area contributed by atoms with Gasteiger partial charge in [-0.15, -0.1) is 0 Å². The van der Waals surface area contributed by atoms with Crippen molar-refractivity contribution in [3.63, 3.8) is 0 Å². The summed E-state index contributed by atoms with van der Waals surface area (Å²) in [6.45, 7) is 0.262. The topological polar surface area (TPSA) is 98.7 Å². The van der Waals surface area contributed by atoms with Crippen molar-refractivity contribution in [2.75, 3.05) is 25.2 Å². The number of carbonyl (C=O) groups is 2. The number of carboxylic acids is 1. The molecule has 18 heavy (non-hydrogen) atoms. The highest BCUT2D eigenvalue weighted by atomic mass is 32.2. The highest BCUT2D eigenvalue weighted by molar-refractivity contribution is 7.98. The number of rotatable bonds is 10. The summed E-state index contributed by atoms with van der Waals surface area (Å²) < 4.78 is 0. The smallest absolute Gasteiger partial charge is 0.326 e. The van der Waals surface area contributed by atoms with Gasteiger partial charge >= 0.3 is 12.0 Å². The van der Waals surface area contributed by atoms with Gasteiger partial charge in [-0.2, -0.15) is 11.8 Å². The zero-order valence-electron chi connectivity index (χ0n) is 10.6. The summed E-state index contributed by atoms with van der Waals surface area (Å²) in [6.07, 6.45) is 5.11. The lowest BCUT2D eigenvalue weighted by Crippen LogP contribution is -2.46. The minimum absolute atomic E-state index is 0.0104. The Kier molecular flexibility index (Phi) is 10.6. The van der Waals surface area contributed by atoms with Gasteiger partial charge in [-0.1, -0.05) is 6.42 Å². The van der Waals surface area contributed by atoms with Crippen LogP contribution in [0.4, 0.5) is 4.79 Å². The molecule has 1 unspecified atom stereocenters. The van der Waals surface area contributed by atoms with E-state index in [0.717, 1.165) is 25.0 Å². The number of carboxylic acid groups (broad SMARTS) is 1. The van der Waals surface area contributed by atoms with Crippen LogP contribution in [-0.2, 0) is 4.79 Å². The number of aliphatic carboxylic acids is 1. The molecule has 1 atom stereocenters. The number of urea groups is 1. The SMILES string of the molecule is CSCCCCCNC(=O)NC(CCO)C(=O)O. The van der Waals surface area contributed by atoms with Gasteiger partial charge in [-0.05, 0) is 24.9 Å². The second kappa shape index (κ2) is 11.2. The first-order valence-corrected chi connectivity index (χ1v) is 7.38. The van der Waals surface area contributed by atoms with E-state index in [0.29, 0.717) is 6.54 Å². The maximum Gasteiger partial charge on any atom is 0.326 e. The third-order valence-electron chi connectivity index (χ3n) is 2.33. The molecule has 0 rings (SSSR count). The molecule has 0 aliphatic carbocycles. The third-order valence-corrected chi connectivity index (χ3v) is 3.03. The maximum atomic E-state index is 11.4. The fourth-order valence-corrected chi connectivity index (χ4v) is 1.84. The minimum Gasteiger partial charge on any atom is -0.480 e. The molecule has 2 amide bonds. The number of carbonyl (C=O) groups excluding carboxylic acids is 1. The van der Waals surface area contributed by atoms with Gasteiger partial charge in [0, 0.05) is 19.6 Å². The van der Waals surface area contributed by atoms with E-state index in [1.165, 1.54) is 0 Å². The molecule has 0 radical (unpaired) electrons. The van der Waals surface area contributed by atoms with Crippen LogP contribution in [0, 0.1) is 0 Å². The highest BCUT2D eigenvalue weighted by Gasteiger charge is 2.18. The van der Waals surface area contributed by atoms with Crippen LogP contribution < -0.4 is 10.6 Å². The summed E-state index contributed by atoms with van der Waals surface area (Å²) in [4.78, 5) is 22.1. The van der Waals surface area contributed by atoms with Gasteiger partial charge in [0.05, 0.1) is 0 Å². The molecule has 0 saturated heterocycles. The molecular formula is C11H22N2O4S. The molecule has 0 spiro atoms. The Morgan fingerprint density at radius 1 is 1.28 bits per heavy atom. The molecule has 0 aliphatic heterocycles. The molecule has 0 saturated carbocycles. The molecule has 6 nitrogen and oxygen atoms in total. The third kappa shape index (κ3) is 9.12. The lowest BCUT2D eigenvalue weighted by molar-refractivity contribution is -0.139. The van der Waals surface area contributed by atoms with Crippen molar-refractivity contribution in [3.05, 3.63) is 0 Å². The number of aliphatic hydroxyl groups is 1. The van der Waals surface area contributed by atoms with Gasteiger partial charge in [0.25, 0.3) is 0 Å². The Bertz CT molecular complexity index is 251. The van der Waals surface area contributed by atoms with E-state index in [1.807, 2.05) is 0 Å². The zero-order chi connectivity index (χ0) is 13.8. The maximum absolute atomic E-state index is 11.4. The predicted molar refractivity (Wildman–Crippen MR) is 71.9 cm³/mol. The van der Waals surface area contributed by atoms with Crippen LogP contribution in [0.1, 0.15) is 25.7 Å². The summed E-state index contributed by atoms with van der Waals surface area (Å²) in [5.74, 6) is -0.0248. The number of hydrogen-bond donors (Lipinski definition) is 4. The van der Waals surface area contributed by atoms with Crippen LogP contribution in [0.15, 0.2) is 0 Å². The Morgan fingerprint density at radius 3 is 2.56 bits per heavy atom. The van der Waals surface area contributed by atoms with E-state index < -0.39 is 18.0 Å². The molecule has 0 bridgehead atoms. The van der Waals surface area contributed by atoms with Crippen LogP contribution in [-0.4, -0.2) is 53.4 Å². The number of hydrogen-bond acceptors (Lipinski definition) is 4. The molecule has 7 heteroatoms. The van der Waals surface area contributed by atoms with Crippen LogP contribution in [0.5, 0.6) is 0 Å². The van der Waals surface area contributed by atoms with Crippen molar-refractivity contribution < 1.29 is 19.8 Å². The molecule has 0 aromatic heterocycles. The van der Waals surface area contributed by atoms with Crippen LogP contribution in [0.2, 0.25) is 0 Å². The summed E-state index contributed by atoms with van der Waals surface area (Å²) in [5, 5.41) is 22.3. The predicted octanol–water partition coefficient (Wildman–Crippen LogP) is 0.654. The average Bonchev–Trinajstić information content (AvgIpc) is 2.33. The molecule has 0 heterocycles. The first-order chi connectivity index (χ1) is 8.61. The van der Waals surface area contributed by atoms with Gasteiger partial charge in [0.1, 0.15) is 6.04 Å². The Morgan fingerprint density at radius 2 is 2.00 bits per heavy atom. The zero-order valence-corrected chi connectivity index (χ0v) is 11.5. The molecular weight excluding hydrogens is 256 g/mol. The van der Waals surface area contributed by atoms with E-state index in [1.54, 1.807) is 11.8 Å². The fraction of sp³-hybridized carbons (Fsp3) is 0.818. The lowest BCUT2D eigenvalue weighted by Gasteiger charge is -2.13. The highest BCUT2D eigenvalue weighted by Crippen LogP contribution is 2.01. The van der Waals surface area contributed by atoms with Gasteiger partial charge in [0.2, 0.25) is 0 Å². The van der Waals surface area contributed by atoms with Crippen molar-refractivity contribution in [2.45, 2.75) is 31.7 Å². The Balaban J connectivity index is 3.65. The standard InChI is InChI=1S/C11H22N2O4S/c1-18-8-4-2-3-6-12-11(17)13-9(5-7-14)10(15)16/h9,14H,2-8H2,1H3,(H,15,16)(H2,12,13,17). The lowest BCUT2D eigenvalue weighted by atomic mass is 10.2. The van der Waals surface area contributed by atoms with Crippen molar-refractivity contribution >= 4 is 23.8 Å². The number of amides is 2. The van der Waals surface area contributed by atoms with Crippen LogP contribution >= 0.6 is 11.8 Å². The summed E-state index contributed by atoms with van der Waals surface area (Å²) in [6, 6.07) is -1.53. The van der Waals surface area contributed by atoms with Gasteiger partial charge < -0.3 is 20.8 Å². The monoisotopic (exact) mass is 278 g/mol. The second-order valence-electron chi connectivity index (χ2n) is 3.86. The summed E-state index contributed by atoms with van der Waals surface area (Å²) in [5.41, 5.74) is 0. The molecule has 0 fully saturated rings. The molecule has 0 aromatic carbocycles. The number of unbranched alkanes of at least 4 members (excludes halogenated alkanes) is 2. The first kappa shape index (κ1) is 17.1. The van der Waals surface area contributed by atoms with E-state index in [9.17, 15) is 9.59 Å². The van der Waals surface area contributed by atoms with Gasteiger partial charge in [-0.3, -0.25) is 0 Å². The van der Waals surface area contributed by atoms with Crippen molar-refractivity contribution in [2.24, 2.45) is 0 Å². The van der Waals surface area contributed by atoms with E-state index in [-0.39, 0.29) is 13.0 Å². The van der Waals surface area contributed by atoms with Crippen LogP contribution in [0.3, 0.4) is 0 Å². The summed E-state index contributed by atoms with van der Waals surface area (Å²) in [7, 11) is 0. The summed E-state index contributed by atoms with van der Waals surface area (Å²) >= 11 is 1.79. The van der Waals surface area contributed by atoms with Crippen LogP contribution in [0.25, 0.3) is 0 Å². The molecule has 106 valence electrons. The molecule has 4 N–H and O–H groups in total. The quantitative estimate of drug-likeness (QED) is 0.440. The van der Waals surface area contributed by atoms with Gasteiger partial charge in [-0.25, -0.2) is 9.59 Å². The molecule has 0 aliphatic rings. The number of aliphatic hydroxyl groups excluding tert-OH is 1. The Labute approximate surface area is 112 Å². The number of thioether (sulfide) groups is 1. The van der Waals surface area contributed by atoms with E-state index in [2.05, 4.69) is 16.9 Å². The number of nitrogens with one attached hydrogen (secondary N) is 2. The van der Waals surface area contributed by atoms with Crippen molar-refractivity contribution in [3.8, 4) is 0 Å².